The average molecular weight is 532 g/mol. The summed E-state index contributed by atoms with van der Waals surface area (Å²) in [7, 11) is 1.79. The second kappa shape index (κ2) is 10.2. The van der Waals surface area contributed by atoms with Crippen molar-refractivity contribution < 1.29 is 22.8 Å². The topological polar surface area (TPSA) is 142 Å². The van der Waals surface area contributed by atoms with E-state index >= 15 is 0 Å². The fourth-order valence-electron chi connectivity index (χ4n) is 4.02. The maximum atomic E-state index is 13.6. The van der Waals surface area contributed by atoms with Crippen molar-refractivity contribution in [1.82, 2.24) is 30.2 Å². The van der Waals surface area contributed by atoms with E-state index in [-0.39, 0.29) is 34.0 Å². The standard InChI is InChI=1S/C24H28F3N9O2/c1-24(2,3)15-9-16(35(4)34-15)32-23(38)31-13-7-5-12(6-8-13)17-14(22(37)33-20(27)19(25)26)10-36-18(17)21(28)29-11-30-36/h5-8,10-11,16,19-20H,9H2,1-4H3,(H,33,37)(H2,28,29,30)(H2,31,32,38). The van der Waals surface area contributed by atoms with Crippen LogP contribution in [0.2, 0.25) is 0 Å². The Morgan fingerprint density at radius 3 is 2.45 bits per heavy atom. The number of nitrogens with two attached hydrogens (primary N) is 1. The van der Waals surface area contributed by atoms with E-state index in [4.69, 9.17) is 5.73 Å². The SMILES string of the molecule is CN1N=C(C(C)(C)C)CC1NC(=O)Nc1ccc(-c2c(C(=O)NC(F)C(F)F)cn3ncnc(N)c23)cc1. The second-order valence-corrected chi connectivity index (χ2v) is 9.83. The van der Waals surface area contributed by atoms with Gasteiger partial charge in [-0.3, -0.25) is 9.80 Å². The maximum Gasteiger partial charge on any atom is 0.320 e. The molecule has 3 amide bonds. The normalized spacial score (nSPS) is 16.5. The monoisotopic (exact) mass is 531 g/mol. The van der Waals surface area contributed by atoms with Gasteiger partial charge in [0.2, 0.25) is 6.30 Å². The third-order valence-electron chi connectivity index (χ3n) is 6.05. The van der Waals surface area contributed by atoms with Crippen molar-refractivity contribution in [2.45, 2.75) is 46.1 Å². The Labute approximate surface area is 216 Å². The van der Waals surface area contributed by atoms with Crippen LogP contribution in [0.4, 0.5) is 29.5 Å². The molecule has 1 aliphatic heterocycles. The van der Waals surface area contributed by atoms with Crippen LogP contribution >= 0.6 is 0 Å². The molecule has 3 aromatic rings. The number of carbonyl (C=O) groups is 2. The number of urea groups is 1. The second-order valence-electron chi connectivity index (χ2n) is 9.83. The number of halogens is 3. The van der Waals surface area contributed by atoms with Crippen molar-refractivity contribution in [3.05, 3.63) is 42.4 Å². The molecule has 38 heavy (non-hydrogen) atoms. The molecule has 11 nitrogen and oxygen atoms in total. The Morgan fingerprint density at radius 1 is 1.16 bits per heavy atom. The molecule has 14 heteroatoms. The van der Waals surface area contributed by atoms with E-state index in [1.807, 2.05) is 0 Å². The largest absolute Gasteiger partial charge is 0.382 e. The highest BCUT2D eigenvalue weighted by molar-refractivity contribution is 6.07. The number of nitrogens with zero attached hydrogens (tertiary/aromatic N) is 5. The summed E-state index contributed by atoms with van der Waals surface area (Å²) in [5.41, 5.74) is 8.08. The molecule has 4 rings (SSSR count). The van der Waals surface area contributed by atoms with Crippen molar-refractivity contribution in [2.75, 3.05) is 18.1 Å². The zero-order chi connectivity index (χ0) is 27.8. The summed E-state index contributed by atoms with van der Waals surface area (Å²) in [6.07, 6.45) is -3.54. The van der Waals surface area contributed by atoms with Gasteiger partial charge in [0.25, 0.3) is 12.3 Å². The molecular weight excluding hydrogens is 503 g/mol. The van der Waals surface area contributed by atoms with Gasteiger partial charge < -0.3 is 21.7 Å². The molecule has 0 saturated carbocycles. The molecule has 0 fully saturated rings. The van der Waals surface area contributed by atoms with Gasteiger partial charge in [-0.2, -0.15) is 10.2 Å². The summed E-state index contributed by atoms with van der Waals surface area (Å²) in [5.74, 6) is -1.05. The number of hydrazone groups is 1. The number of nitrogen functional groups attached to an aromatic ring is 1. The predicted molar refractivity (Wildman–Crippen MR) is 136 cm³/mol. The first-order valence-electron chi connectivity index (χ1n) is 11.7. The first-order chi connectivity index (χ1) is 17.8. The summed E-state index contributed by atoms with van der Waals surface area (Å²) in [6, 6.07) is 5.93. The van der Waals surface area contributed by atoms with Crippen LogP contribution < -0.4 is 21.7 Å². The van der Waals surface area contributed by atoms with Gasteiger partial charge in [-0.15, -0.1) is 0 Å². The summed E-state index contributed by atoms with van der Waals surface area (Å²) < 4.78 is 40.2. The summed E-state index contributed by atoms with van der Waals surface area (Å²) in [4.78, 5) is 29.2. The van der Waals surface area contributed by atoms with Crippen LogP contribution in [-0.4, -0.2) is 63.2 Å². The molecule has 1 aromatic carbocycles. The predicted octanol–water partition coefficient (Wildman–Crippen LogP) is 3.45. The molecule has 0 aliphatic carbocycles. The fraction of sp³-hybridized carbons (Fsp3) is 0.375. The smallest absolute Gasteiger partial charge is 0.320 e. The molecule has 202 valence electrons. The summed E-state index contributed by atoms with van der Waals surface area (Å²) in [6.45, 7) is 6.17. The number of fused-ring (bicyclic) bond motifs is 1. The van der Waals surface area contributed by atoms with Gasteiger partial charge >= 0.3 is 6.03 Å². The molecule has 2 aromatic heterocycles. The van der Waals surface area contributed by atoms with Crippen molar-refractivity contribution in [3.63, 3.8) is 0 Å². The number of nitrogens with one attached hydrogen (secondary N) is 3. The van der Waals surface area contributed by atoms with E-state index in [2.05, 4.69) is 46.6 Å². The maximum absolute atomic E-state index is 13.6. The molecule has 0 radical (unpaired) electrons. The number of aromatic nitrogens is 3. The Balaban J connectivity index is 1.54. The van der Waals surface area contributed by atoms with Crippen LogP contribution in [0.15, 0.2) is 41.9 Å². The minimum absolute atomic E-state index is 0.0267. The molecule has 5 N–H and O–H groups in total. The highest BCUT2D eigenvalue weighted by Crippen LogP contribution is 2.33. The number of amides is 3. The van der Waals surface area contributed by atoms with E-state index < -0.39 is 24.7 Å². The molecule has 0 bridgehead atoms. The quantitative estimate of drug-likeness (QED) is 0.359. The van der Waals surface area contributed by atoms with Crippen molar-refractivity contribution in [3.8, 4) is 11.1 Å². The number of hydrogen-bond donors (Lipinski definition) is 4. The highest BCUT2D eigenvalue weighted by atomic mass is 19.3. The van der Waals surface area contributed by atoms with Gasteiger partial charge in [-0.05, 0) is 17.7 Å². The fourth-order valence-corrected chi connectivity index (χ4v) is 4.02. The van der Waals surface area contributed by atoms with Crippen LogP contribution in [0.3, 0.4) is 0 Å². The van der Waals surface area contributed by atoms with Gasteiger partial charge in [-0.25, -0.2) is 27.5 Å². The Bertz CT molecular complexity index is 1380. The van der Waals surface area contributed by atoms with E-state index in [0.717, 1.165) is 12.0 Å². The minimum Gasteiger partial charge on any atom is -0.382 e. The summed E-state index contributed by atoms with van der Waals surface area (Å²) >= 11 is 0. The third kappa shape index (κ3) is 5.48. The zero-order valence-corrected chi connectivity index (χ0v) is 21.2. The molecular formula is C24H28F3N9O2. The first kappa shape index (κ1) is 26.7. The van der Waals surface area contributed by atoms with Crippen molar-refractivity contribution in [2.24, 2.45) is 10.5 Å². The molecule has 2 unspecified atom stereocenters. The Hall–Kier alpha value is -4.36. The van der Waals surface area contributed by atoms with Gasteiger partial charge in [0, 0.05) is 42.0 Å². The van der Waals surface area contributed by atoms with Crippen LogP contribution in [0, 0.1) is 5.41 Å². The minimum atomic E-state index is -3.39. The van der Waals surface area contributed by atoms with Crippen molar-refractivity contribution in [1.29, 1.82) is 0 Å². The number of rotatable bonds is 6. The number of anilines is 2. The van der Waals surface area contributed by atoms with Crippen LogP contribution in [0.5, 0.6) is 0 Å². The Morgan fingerprint density at radius 2 is 1.84 bits per heavy atom. The molecule has 0 saturated heterocycles. The lowest BCUT2D eigenvalue weighted by atomic mass is 9.88. The Kier molecular flexibility index (Phi) is 7.16. The van der Waals surface area contributed by atoms with Crippen LogP contribution in [0.25, 0.3) is 16.6 Å². The third-order valence-corrected chi connectivity index (χ3v) is 6.05. The number of carbonyl (C=O) groups excluding carboxylic acids is 2. The lowest BCUT2D eigenvalue weighted by Crippen LogP contribution is -2.44. The number of benzene rings is 1. The molecule has 1 aliphatic rings. The van der Waals surface area contributed by atoms with Gasteiger partial charge in [0.1, 0.15) is 18.0 Å². The van der Waals surface area contributed by atoms with Gasteiger partial charge in [0.15, 0.2) is 5.82 Å². The highest BCUT2D eigenvalue weighted by Gasteiger charge is 2.32. The molecule has 0 spiro atoms. The van der Waals surface area contributed by atoms with E-state index in [0.29, 0.717) is 17.7 Å². The lowest BCUT2D eigenvalue weighted by molar-refractivity contribution is 0.0287. The lowest BCUT2D eigenvalue weighted by Gasteiger charge is -2.21. The first-order valence-corrected chi connectivity index (χ1v) is 11.7. The van der Waals surface area contributed by atoms with E-state index in [9.17, 15) is 22.8 Å². The zero-order valence-electron chi connectivity index (χ0n) is 21.2. The number of hydrogen-bond acceptors (Lipinski definition) is 7. The average Bonchev–Trinajstić information content (AvgIpc) is 3.41. The van der Waals surface area contributed by atoms with Crippen LogP contribution in [0.1, 0.15) is 37.6 Å². The van der Waals surface area contributed by atoms with E-state index in [1.54, 1.807) is 41.6 Å². The molecule has 2 atom stereocenters. The van der Waals surface area contributed by atoms with Crippen LogP contribution in [-0.2, 0) is 0 Å². The van der Waals surface area contributed by atoms with Gasteiger partial charge in [0.05, 0.1) is 5.56 Å². The summed E-state index contributed by atoms with van der Waals surface area (Å²) in [5, 5.41) is 17.5. The number of alkyl halides is 3. The van der Waals surface area contributed by atoms with E-state index in [1.165, 1.54) is 10.7 Å². The molecule has 3 heterocycles. The van der Waals surface area contributed by atoms with Gasteiger partial charge in [-0.1, -0.05) is 32.9 Å². The van der Waals surface area contributed by atoms with Crippen molar-refractivity contribution >= 4 is 34.7 Å².